The zero-order valence-electron chi connectivity index (χ0n) is 13.3. The second-order valence-electron chi connectivity index (χ2n) is 4.74. The van der Waals surface area contributed by atoms with Crippen LogP contribution in [0.25, 0.3) is 0 Å². The number of rotatable bonds is 3. The minimum Gasteiger partial charge on any atom is -1.00 e. The Balaban J connectivity index is -0.000000325. The monoisotopic (exact) mass is 400 g/mol. The largest absolute Gasteiger partial charge is 3.00 e. The Morgan fingerprint density at radius 1 is 1.00 bits per heavy atom. The predicted molar refractivity (Wildman–Crippen MR) is 83.1 cm³/mol. The van der Waals surface area contributed by atoms with Crippen LogP contribution < -0.4 is 36.3 Å². The second kappa shape index (κ2) is 14.7. The zero-order chi connectivity index (χ0) is 15.0. The molecule has 0 aromatic carbocycles. The molecule has 0 fully saturated rings. The van der Waals surface area contributed by atoms with E-state index in [4.69, 9.17) is 11.5 Å². The molecule has 4 nitrogen and oxygen atoms in total. The molecule has 2 aromatic rings. The van der Waals surface area contributed by atoms with Crippen molar-refractivity contribution in [3.8, 4) is 0 Å². The van der Waals surface area contributed by atoms with Crippen molar-refractivity contribution in [2.45, 2.75) is 26.3 Å². The fourth-order valence-electron chi connectivity index (χ4n) is 1.66. The molecule has 2 heterocycles. The first-order chi connectivity index (χ1) is 9.51. The van der Waals surface area contributed by atoms with Gasteiger partial charge in [-0.05, 0) is 26.0 Å². The number of nitrogens with two attached hydrogens (primary N) is 2. The van der Waals surface area contributed by atoms with Gasteiger partial charge in [-0.2, -0.15) is 6.07 Å². The summed E-state index contributed by atoms with van der Waals surface area (Å²) in [6.45, 7) is 8.10. The summed E-state index contributed by atoms with van der Waals surface area (Å²) in [5.41, 5.74) is 15.0. The van der Waals surface area contributed by atoms with Crippen LogP contribution in [-0.2, 0) is 23.2 Å². The fraction of sp³-hybridized carbons (Fsp3) is 0.312. The van der Waals surface area contributed by atoms with Crippen LogP contribution in [-0.4, -0.2) is 22.6 Å². The zero-order valence-corrected chi connectivity index (χ0v) is 15.9. The van der Waals surface area contributed by atoms with E-state index in [2.05, 4.69) is 16.9 Å². The van der Waals surface area contributed by atoms with Gasteiger partial charge in [-0.3, -0.25) is 9.97 Å². The number of hydrogen-bond donors (Lipinski definition) is 2. The van der Waals surface area contributed by atoms with Crippen molar-refractivity contribution in [2.24, 2.45) is 11.5 Å². The minimum absolute atomic E-state index is 0. The Bertz CT molecular complexity index is 524. The Hall–Kier alpha value is -0.824. The third-order valence-corrected chi connectivity index (χ3v) is 2.67. The van der Waals surface area contributed by atoms with Gasteiger partial charge in [0.15, 0.2) is 0 Å². The molecule has 1 unspecified atom stereocenters. The third-order valence-electron chi connectivity index (χ3n) is 2.67. The van der Waals surface area contributed by atoms with Crippen LogP contribution in [0.2, 0.25) is 0 Å². The van der Waals surface area contributed by atoms with Crippen LogP contribution >= 0.6 is 0 Å². The summed E-state index contributed by atoms with van der Waals surface area (Å²) >= 11 is 0. The standard InChI is InChI=1S/C9H15N3.C7H8N.2ClH.Co/c1-7-3-2-4-9(12-7)5-8(11)6-10;1-6-4-3-5-7(2)8-6;;;/h2-4,8H,5-6,10-11H2,1H3;3-5H,1H2,2H3;2*1H;/q;-1;;;+3/p-2. The van der Waals surface area contributed by atoms with E-state index < -0.39 is 0 Å². The number of nitrogens with zero attached hydrogens (tertiary/aromatic N) is 2. The maximum atomic E-state index is 5.69. The van der Waals surface area contributed by atoms with Gasteiger partial charge >= 0.3 is 16.8 Å². The van der Waals surface area contributed by atoms with Gasteiger partial charge in [0.1, 0.15) is 0 Å². The molecule has 23 heavy (non-hydrogen) atoms. The van der Waals surface area contributed by atoms with Crippen molar-refractivity contribution in [1.82, 2.24) is 9.97 Å². The molecule has 0 saturated carbocycles. The minimum atomic E-state index is 0. The molecule has 0 bridgehead atoms. The summed E-state index contributed by atoms with van der Waals surface area (Å²) in [6.07, 6.45) is 0.762. The average Bonchev–Trinajstić information content (AvgIpc) is 2.39. The molecular formula is C16H23Cl2CoN4. The molecule has 0 amide bonds. The topological polar surface area (TPSA) is 77.8 Å². The van der Waals surface area contributed by atoms with E-state index in [9.17, 15) is 0 Å². The number of aryl methyl sites for hydroxylation is 2. The van der Waals surface area contributed by atoms with Crippen LogP contribution in [0, 0.1) is 20.8 Å². The van der Waals surface area contributed by atoms with E-state index in [1.807, 2.05) is 50.2 Å². The Kier molecular flexibility index (Phi) is 17.3. The molecule has 0 saturated heterocycles. The summed E-state index contributed by atoms with van der Waals surface area (Å²) in [5, 5.41) is 0. The van der Waals surface area contributed by atoms with Gasteiger partial charge in [-0.25, -0.2) is 6.92 Å². The molecule has 0 aliphatic carbocycles. The van der Waals surface area contributed by atoms with Crippen molar-refractivity contribution in [3.63, 3.8) is 0 Å². The van der Waals surface area contributed by atoms with Crippen LogP contribution in [0.4, 0.5) is 0 Å². The smallest absolute Gasteiger partial charge is 1.00 e. The summed E-state index contributed by atoms with van der Waals surface area (Å²) in [5.74, 6) is 0. The van der Waals surface area contributed by atoms with Crippen LogP contribution in [0.15, 0.2) is 36.4 Å². The van der Waals surface area contributed by atoms with E-state index in [-0.39, 0.29) is 47.6 Å². The maximum Gasteiger partial charge on any atom is 3.00 e. The molecule has 2 rings (SSSR count). The SMILES string of the molecule is Cc1cccc(CC(N)CN)n1.[CH2-]c1cccc(C)n1.[Cl-].[Cl-].[Co+3]. The summed E-state index contributed by atoms with van der Waals surface area (Å²) < 4.78 is 0. The second-order valence-corrected chi connectivity index (χ2v) is 4.74. The number of halogens is 2. The van der Waals surface area contributed by atoms with Crippen molar-refractivity contribution in [1.29, 1.82) is 0 Å². The van der Waals surface area contributed by atoms with E-state index >= 15 is 0 Å². The predicted octanol–water partition coefficient (Wildman–Crippen LogP) is -4.20. The van der Waals surface area contributed by atoms with Crippen LogP contribution in [0.1, 0.15) is 22.8 Å². The fourth-order valence-corrected chi connectivity index (χ4v) is 1.66. The molecule has 0 spiro atoms. The molecule has 7 heteroatoms. The Labute approximate surface area is 161 Å². The third kappa shape index (κ3) is 12.3. The number of aromatic nitrogens is 2. The van der Waals surface area contributed by atoms with E-state index in [0.717, 1.165) is 29.2 Å². The molecule has 2 aromatic heterocycles. The Morgan fingerprint density at radius 2 is 1.52 bits per heavy atom. The first kappa shape index (κ1) is 27.0. The summed E-state index contributed by atoms with van der Waals surface area (Å²) in [7, 11) is 0. The maximum absolute atomic E-state index is 5.69. The van der Waals surface area contributed by atoms with Gasteiger partial charge in [-0.15, -0.1) is 11.8 Å². The van der Waals surface area contributed by atoms with E-state index in [1.54, 1.807) is 0 Å². The summed E-state index contributed by atoms with van der Waals surface area (Å²) in [6, 6.07) is 11.7. The molecular weight excluding hydrogens is 378 g/mol. The first-order valence-electron chi connectivity index (χ1n) is 6.65. The van der Waals surface area contributed by atoms with Gasteiger partial charge in [0.05, 0.1) is 0 Å². The Morgan fingerprint density at radius 3 is 1.91 bits per heavy atom. The molecule has 130 valence electrons. The molecule has 0 radical (unpaired) electrons. The van der Waals surface area contributed by atoms with Gasteiger partial charge in [0.25, 0.3) is 0 Å². The number of pyridine rings is 2. The van der Waals surface area contributed by atoms with E-state index in [0.29, 0.717) is 6.54 Å². The first-order valence-corrected chi connectivity index (χ1v) is 6.65. The number of hydrogen-bond acceptors (Lipinski definition) is 4. The molecule has 0 aliphatic rings. The molecule has 1 atom stereocenters. The van der Waals surface area contributed by atoms with Crippen LogP contribution in [0.5, 0.6) is 0 Å². The van der Waals surface area contributed by atoms with Crippen molar-refractivity contribution >= 4 is 0 Å². The van der Waals surface area contributed by atoms with Crippen LogP contribution in [0.3, 0.4) is 0 Å². The quantitative estimate of drug-likeness (QED) is 0.512. The average molecular weight is 401 g/mol. The molecule has 0 aliphatic heterocycles. The summed E-state index contributed by atoms with van der Waals surface area (Å²) in [4.78, 5) is 8.39. The van der Waals surface area contributed by atoms with Gasteiger partial charge in [0.2, 0.25) is 0 Å². The van der Waals surface area contributed by atoms with Gasteiger partial charge in [-0.1, -0.05) is 12.1 Å². The van der Waals surface area contributed by atoms with Gasteiger partial charge < -0.3 is 36.3 Å². The van der Waals surface area contributed by atoms with Gasteiger partial charge in [0, 0.05) is 36.1 Å². The molecule has 4 N–H and O–H groups in total. The van der Waals surface area contributed by atoms with Crippen molar-refractivity contribution < 1.29 is 41.6 Å². The van der Waals surface area contributed by atoms with Crippen molar-refractivity contribution in [3.05, 3.63) is 66.1 Å². The van der Waals surface area contributed by atoms with Crippen molar-refractivity contribution in [2.75, 3.05) is 6.54 Å². The van der Waals surface area contributed by atoms with E-state index in [1.165, 1.54) is 0 Å². The normalized spacial score (nSPS) is 9.91.